The Kier molecular flexibility index (Phi) is 9.21. The Morgan fingerprint density at radius 2 is 1.76 bits per heavy atom. The Labute approximate surface area is 201 Å². The molecular formula is C27H36FN3O3. The summed E-state index contributed by atoms with van der Waals surface area (Å²) in [6, 6.07) is 15.8. The zero-order chi connectivity index (χ0) is 24.7. The Bertz CT molecular complexity index is 1040. The minimum absolute atomic E-state index is 0.0609. The van der Waals surface area contributed by atoms with Gasteiger partial charge in [0.1, 0.15) is 11.6 Å². The number of aromatic nitrogens is 2. The molecule has 0 bridgehead atoms. The number of benzene rings is 2. The molecule has 0 unspecified atom stereocenters. The van der Waals surface area contributed by atoms with Crippen LogP contribution in [0.15, 0.2) is 54.6 Å². The molecule has 0 radical (unpaired) electrons. The van der Waals surface area contributed by atoms with E-state index in [9.17, 15) is 9.50 Å². The van der Waals surface area contributed by atoms with Crippen molar-refractivity contribution in [2.75, 3.05) is 19.7 Å². The van der Waals surface area contributed by atoms with Gasteiger partial charge < -0.3 is 14.6 Å². The van der Waals surface area contributed by atoms with E-state index in [0.29, 0.717) is 30.6 Å². The van der Waals surface area contributed by atoms with E-state index in [-0.39, 0.29) is 18.5 Å². The number of hydrogen-bond acceptors (Lipinski definition) is 5. The van der Waals surface area contributed by atoms with E-state index in [0.717, 1.165) is 23.5 Å². The summed E-state index contributed by atoms with van der Waals surface area (Å²) in [5.74, 6) is 0.974. The fraction of sp³-hybridized carbons (Fsp3) is 0.444. The summed E-state index contributed by atoms with van der Waals surface area (Å²) in [6.45, 7) is 12.2. The van der Waals surface area contributed by atoms with Crippen LogP contribution in [0, 0.1) is 18.7 Å². The van der Waals surface area contributed by atoms with Gasteiger partial charge in [-0.2, -0.15) is 5.10 Å². The Hall–Kier alpha value is -2.74. The molecule has 1 N–H and O–H groups in total. The van der Waals surface area contributed by atoms with Crippen LogP contribution in [-0.4, -0.2) is 51.7 Å². The van der Waals surface area contributed by atoms with Crippen LogP contribution >= 0.6 is 0 Å². The second-order valence-corrected chi connectivity index (χ2v) is 9.30. The molecule has 184 valence electrons. The van der Waals surface area contributed by atoms with E-state index < -0.39 is 6.10 Å². The zero-order valence-corrected chi connectivity index (χ0v) is 20.7. The van der Waals surface area contributed by atoms with Crippen molar-refractivity contribution in [2.24, 2.45) is 5.92 Å². The van der Waals surface area contributed by atoms with E-state index in [1.165, 1.54) is 12.1 Å². The summed E-state index contributed by atoms with van der Waals surface area (Å²) < 4.78 is 27.5. The van der Waals surface area contributed by atoms with Gasteiger partial charge in [0.2, 0.25) is 5.88 Å². The van der Waals surface area contributed by atoms with E-state index in [1.807, 2.05) is 51.1 Å². The van der Waals surface area contributed by atoms with Crippen LogP contribution in [0.5, 0.6) is 11.6 Å². The van der Waals surface area contributed by atoms with Crippen LogP contribution in [-0.2, 0) is 11.3 Å². The lowest BCUT2D eigenvalue weighted by Crippen LogP contribution is -2.37. The van der Waals surface area contributed by atoms with Gasteiger partial charge in [0.25, 0.3) is 0 Å². The molecule has 0 amide bonds. The van der Waals surface area contributed by atoms with Crippen LogP contribution in [0.25, 0.3) is 5.69 Å². The lowest BCUT2D eigenvalue weighted by Gasteiger charge is -2.27. The van der Waals surface area contributed by atoms with E-state index >= 15 is 0 Å². The van der Waals surface area contributed by atoms with Crippen molar-refractivity contribution in [2.45, 2.75) is 53.4 Å². The van der Waals surface area contributed by atoms with Gasteiger partial charge in [-0.05, 0) is 51.0 Å². The summed E-state index contributed by atoms with van der Waals surface area (Å²) in [5.41, 5.74) is 2.56. The van der Waals surface area contributed by atoms with Crippen LogP contribution in [0.3, 0.4) is 0 Å². The molecular weight excluding hydrogens is 433 g/mol. The normalized spacial score (nSPS) is 12.6. The van der Waals surface area contributed by atoms with Gasteiger partial charge in [0, 0.05) is 25.7 Å². The van der Waals surface area contributed by atoms with Crippen molar-refractivity contribution in [1.82, 2.24) is 14.7 Å². The van der Waals surface area contributed by atoms with Gasteiger partial charge in [0.05, 0.1) is 35.8 Å². The molecule has 1 heterocycles. The number of aryl methyl sites for hydroxylation is 1. The van der Waals surface area contributed by atoms with Crippen molar-refractivity contribution < 1.29 is 19.0 Å². The molecule has 1 atom stereocenters. The van der Waals surface area contributed by atoms with Crippen molar-refractivity contribution >= 4 is 0 Å². The van der Waals surface area contributed by atoms with Crippen LogP contribution in [0.1, 0.15) is 39.0 Å². The second-order valence-electron chi connectivity index (χ2n) is 9.30. The fourth-order valence-corrected chi connectivity index (χ4v) is 3.81. The number of hydrogen-bond donors (Lipinski definition) is 1. The number of nitrogens with zero attached hydrogens (tertiary/aromatic N) is 3. The SMILES string of the molecule is Cc1nn(-c2ccccc2)c(Oc2cccc(F)c2)c1CN(CC(C)C)C[C@@H](O)COC(C)C. The zero-order valence-electron chi connectivity index (χ0n) is 20.7. The highest BCUT2D eigenvalue weighted by molar-refractivity contribution is 5.43. The highest BCUT2D eigenvalue weighted by Gasteiger charge is 2.23. The van der Waals surface area contributed by atoms with Crippen LogP contribution in [0.2, 0.25) is 0 Å². The quantitative estimate of drug-likeness (QED) is 0.387. The minimum atomic E-state index is -0.613. The first-order valence-electron chi connectivity index (χ1n) is 11.8. The molecule has 0 saturated heterocycles. The molecule has 0 spiro atoms. The molecule has 6 nitrogen and oxygen atoms in total. The molecule has 1 aromatic heterocycles. The lowest BCUT2D eigenvalue weighted by atomic mass is 10.1. The van der Waals surface area contributed by atoms with Gasteiger partial charge in [-0.25, -0.2) is 9.07 Å². The summed E-state index contributed by atoms with van der Waals surface area (Å²) >= 11 is 0. The number of aliphatic hydroxyl groups excluding tert-OH is 1. The molecule has 0 aliphatic rings. The van der Waals surface area contributed by atoms with Gasteiger partial charge >= 0.3 is 0 Å². The van der Waals surface area contributed by atoms with Crippen LogP contribution < -0.4 is 4.74 Å². The van der Waals surface area contributed by atoms with Gasteiger partial charge in [-0.15, -0.1) is 0 Å². The Morgan fingerprint density at radius 3 is 2.41 bits per heavy atom. The molecule has 7 heteroatoms. The fourth-order valence-electron chi connectivity index (χ4n) is 3.81. The largest absolute Gasteiger partial charge is 0.438 e. The van der Waals surface area contributed by atoms with Gasteiger partial charge in [0.15, 0.2) is 0 Å². The molecule has 2 aromatic carbocycles. The molecule has 34 heavy (non-hydrogen) atoms. The number of ether oxygens (including phenoxy) is 2. The van der Waals surface area contributed by atoms with Gasteiger partial charge in [-0.1, -0.05) is 38.1 Å². The highest BCUT2D eigenvalue weighted by atomic mass is 19.1. The second kappa shape index (κ2) is 12.1. The first-order valence-corrected chi connectivity index (χ1v) is 11.8. The summed E-state index contributed by atoms with van der Waals surface area (Å²) in [5, 5.41) is 15.3. The first kappa shape index (κ1) is 25.9. The molecule has 0 saturated carbocycles. The van der Waals surface area contributed by atoms with Crippen molar-refractivity contribution in [3.63, 3.8) is 0 Å². The maximum Gasteiger partial charge on any atom is 0.227 e. The molecule has 0 aliphatic heterocycles. The van der Waals surface area contributed by atoms with Crippen LogP contribution in [0.4, 0.5) is 4.39 Å². The third-order valence-electron chi connectivity index (χ3n) is 5.24. The molecule has 3 aromatic rings. The third-order valence-corrected chi connectivity index (χ3v) is 5.24. The maximum absolute atomic E-state index is 13.9. The van der Waals surface area contributed by atoms with Crippen molar-refractivity contribution in [3.8, 4) is 17.3 Å². The average Bonchev–Trinajstić information content (AvgIpc) is 3.07. The monoisotopic (exact) mass is 469 g/mol. The molecule has 0 aliphatic carbocycles. The Morgan fingerprint density at radius 1 is 1.03 bits per heavy atom. The predicted octanol–water partition coefficient (Wildman–Crippen LogP) is 5.36. The van der Waals surface area contributed by atoms with Crippen molar-refractivity contribution in [3.05, 3.63) is 71.7 Å². The predicted molar refractivity (Wildman–Crippen MR) is 132 cm³/mol. The first-order chi connectivity index (χ1) is 16.2. The number of para-hydroxylation sites is 1. The van der Waals surface area contributed by atoms with E-state index in [1.54, 1.807) is 16.8 Å². The number of halogens is 1. The highest BCUT2D eigenvalue weighted by Crippen LogP contribution is 2.32. The standard InChI is InChI=1S/C27H36FN3O3/c1-19(2)15-30(16-24(32)18-33-20(3)4)17-26-21(5)29-31(23-11-7-6-8-12-23)27(26)34-25-13-9-10-22(28)14-25/h6-14,19-20,24,32H,15-18H2,1-5H3/t24-/m1/s1. The number of rotatable bonds is 12. The summed E-state index contributed by atoms with van der Waals surface area (Å²) in [6.07, 6.45) is -0.552. The van der Waals surface area contributed by atoms with E-state index in [4.69, 9.17) is 14.6 Å². The molecule has 3 rings (SSSR count). The molecule has 0 fully saturated rings. The average molecular weight is 470 g/mol. The summed E-state index contributed by atoms with van der Waals surface area (Å²) in [7, 11) is 0. The van der Waals surface area contributed by atoms with E-state index in [2.05, 4.69) is 18.7 Å². The maximum atomic E-state index is 13.9. The smallest absolute Gasteiger partial charge is 0.227 e. The summed E-state index contributed by atoms with van der Waals surface area (Å²) in [4.78, 5) is 2.19. The topological polar surface area (TPSA) is 59.8 Å². The Balaban J connectivity index is 1.95. The van der Waals surface area contributed by atoms with Crippen molar-refractivity contribution in [1.29, 1.82) is 0 Å². The van der Waals surface area contributed by atoms with Gasteiger partial charge in [-0.3, -0.25) is 4.90 Å². The number of aliphatic hydroxyl groups is 1. The third kappa shape index (κ3) is 7.38. The lowest BCUT2D eigenvalue weighted by molar-refractivity contribution is -0.0109. The minimum Gasteiger partial charge on any atom is -0.438 e.